The van der Waals surface area contributed by atoms with Gasteiger partial charge in [0.25, 0.3) is 0 Å². The third-order valence-electron chi connectivity index (χ3n) is 5.80. The molecule has 0 fully saturated rings. The predicted octanol–water partition coefficient (Wildman–Crippen LogP) is 6.43. The highest BCUT2D eigenvalue weighted by Gasteiger charge is 2.47. The largest absolute Gasteiger partial charge is 0.464 e. The first kappa shape index (κ1) is 22.8. The molecule has 0 aliphatic carbocycles. The quantitative estimate of drug-likeness (QED) is 0.257. The van der Waals surface area contributed by atoms with E-state index in [1.807, 2.05) is 60.7 Å². The normalized spacial score (nSPS) is 11.4. The third-order valence-corrected chi connectivity index (χ3v) is 5.80. The molecular formula is C27H34N2O2. The minimum atomic E-state index is -1.12. The van der Waals surface area contributed by atoms with E-state index in [9.17, 15) is 4.79 Å². The first-order valence-corrected chi connectivity index (χ1v) is 11.6. The van der Waals surface area contributed by atoms with Crippen molar-refractivity contribution in [1.82, 2.24) is 9.97 Å². The highest BCUT2D eigenvalue weighted by Crippen LogP contribution is 2.38. The molecule has 4 nitrogen and oxygen atoms in total. The number of carbonyl (C=O) groups excluding carboxylic acids is 1. The summed E-state index contributed by atoms with van der Waals surface area (Å²) in [6.07, 6.45) is 13.1. The molecule has 0 bridgehead atoms. The van der Waals surface area contributed by atoms with Crippen molar-refractivity contribution in [1.29, 1.82) is 0 Å². The van der Waals surface area contributed by atoms with Gasteiger partial charge in [0, 0.05) is 12.4 Å². The van der Waals surface area contributed by atoms with Crippen LogP contribution < -0.4 is 0 Å². The van der Waals surface area contributed by atoms with E-state index in [0.29, 0.717) is 12.4 Å². The van der Waals surface area contributed by atoms with Crippen LogP contribution in [0.4, 0.5) is 0 Å². The Morgan fingerprint density at radius 2 is 1.39 bits per heavy atom. The Kier molecular flexibility index (Phi) is 8.89. The summed E-state index contributed by atoms with van der Waals surface area (Å²) in [5.41, 5.74) is 0.570. The molecule has 0 amide bonds. The highest BCUT2D eigenvalue weighted by molar-refractivity contribution is 5.91. The van der Waals surface area contributed by atoms with Crippen LogP contribution >= 0.6 is 0 Å². The fourth-order valence-corrected chi connectivity index (χ4v) is 4.13. The Morgan fingerprint density at radius 3 is 1.90 bits per heavy atom. The number of hydrogen-bond donors (Lipinski definition) is 1. The number of esters is 1. The second-order valence-electron chi connectivity index (χ2n) is 8.03. The summed E-state index contributed by atoms with van der Waals surface area (Å²) in [7, 11) is 0. The zero-order valence-corrected chi connectivity index (χ0v) is 18.6. The minimum absolute atomic E-state index is 0.289. The van der Waals surface area contributed by atoms with Crippen molar-refractivity contribution >= 4 is 5.97 Å². The first-order valence-electron chi connectivity index (χ1n) is 11.6. The van der Waals surface area contributed by atoms with E-state index in [2.05, 4.69) is 16.9 Å². The van der Waals surface area contributed by atoms with Gasteiger partial charge < -0.3 is 9.72 Å². The number of ether oxygens (including phenoxy) is 1. The van der Waals surface area contributed by atoms with E-state index in [1.54, 1.807) is 12.4 Å². The van der Waals surface area contributed by atoms with Crippen LogP contribution in [0.15, 0.2) is 73.1 Å². The molecule has 0 atom stereocenters. The Balaban J connectivity index is 1.74. The van der Waals surface area contributed by atoms with Gasteiger partial charge in [0.05, 0.1) is 6.61 Å². The molecule has 1 N–H and O–H groups in total. The molecule has 3 aromatic rings. The molecule has 164 valence electrons. The zero-order valence-electron chi connectivity index (χ0n) is 18.6. The van der Waals surface area contributed by atoms with Gasteiger partial charge in [-0.05, 0) is 17.5 Å². The first-order chi connectivity index (χ1) is 15.3. The van der Waals surface area contributed by atoms with Gasteiger partial charge in [-0.2, -0.15) is 0 Å². The molecule has 0 unspecified atom stereocenters. The number of carbonyl (C=O) groups is 1. The number of H-pyrrole nitrogens is 1. The van der Waals surface area contributed by atoms with Crippen molar-refractivity contribution in [3.8, 4) is 0 Å². The number of unbranched alkanes of at least 4 members (excludes halogenated alkanes) is 7. The summed E-state index contributed by atoms with van der Waals surface area (Å²) in [6.45, 7) is 2.66. The maximum atomic E-state index is 13.7. The van der Waals surface area contributed by atoms with E-state index < -0.39 is 5.41 Å². The fraction of sp³-hybridized carbons (Fsp3) is 0.407. The van der Waals surface area contributed by atoms with E-state index >= 15 is 0 Å². The lowest BCUT2D eigenvalue weighted by Crippen LogP contribution is -2.41. The van der Waals surface area contributed by atoms with Crippen molar-refractivity contribution in [2.75, 3.05) is 6.61 Å². The molecule has 31 heavy (non-hydrogen) atoms. The Labute approximate surface area is 186 Å². The Bertz CT molecular complexity index is 837. The molecule has 1 heterocycles. The lowest BCUT2D eigenvalue weighted by atomic mass is 9.73. The van der Waals surface area contributed by atoms with Crippen molar-refractivity contribution in [2.24, 2.45) is 0 Å². The van der Waals surface area contributed by atoms with E-state index in [-0.39, 0.29) is 5.97 Å². The molecule has 0 aliphatic rings. The average Bonchev–Trinajstić information content (AvgIpc) is 3.35. The van der Waals surface area contributed by atoms with Crippen LogP contribution in [0.5, 0.6) is 0 Å². The van der Waals surface area contributed by atoms with E-state index in [0.717, 1.165) is 24.0 Å². The predicted molar refractivity (Wildman–Crippen MR) is 125 cm³/mol. The lowest BCUT2D eigenvalue weighted by molar-refractivity contribution is -0.147. The van der Waals surface area contributed by atoms with Crippen LogP contribution in [-0.2, 0) is 14.9 Å². The van der Waals surface area contributed by atoms with Gasteiger partial charge in [0.1, 0.15) is 5.82 Å². The second kappa shape index (κ2) is 12.1. The number of aromatic amines is 1. The molecule has 0 radical (unpaired) electrons. The number of benzene rings is 2. The number of nitrogens with zero attached hydrogens (tertiary/aromatic N) is 1. The number of imidazole rings is 1. The second-order valence-corrected chi connectivity index (χ2v) is 8.03. The van der Waals surface area contributed by atoms with Crippen LogP contribution in [0.25, 0.3) is 0 Å². The summed E-state index contributed by atoms with van der Waals surface area (Å²) < 4.78 is 5.89. The van der Waals surface area contributed by atoms with Gasteiger partial charge in [-0.3, -0.25) is 4.79 Å². The molecule has 0 spiro atoms. The summed E-state index contributed by atoms with van der Waals surface area (Å²) >= 11 is 0. The Morgan fingerprint density at radius 1 is 0.839 bits per heavy atom. The van der Waals surface area contributed by atoms with Gasteiger partial charge in [-0.25, -0.2) is 4.98 Å². The molecule has 0 saturated heterocycles. The molecule has 2 aromatic carbocycles. The SMILES string of the molecule is CCCCCCCCCCOC(=O)C(c1ccccc1)(c1ccccc1)c1ncc[nH]1. The summed E-state index contributed by atoms with van der Waals surface area (Å²) in [5.74, 6) is 0.286. The standard InChI is InChI=1S/C27H34N2O2/c1-2-3-4-5-6-7-8-15-22-31-26(30)27(25-28-20-21-29-25,23-16-11-9-12-17-23)24-18-13-10-14-19-24/h9-14,16-21H,2-8,15,22H2,1H3,(H,28,29). The minimum Gasteiger partial charge on any atom is -0.464 e. The van der Waals surface area contributed by atoms with E-state index in [4.69, 9.17) is 4.74 Å². The molecular weight excluding hydrogens is 384 g/mol. The monoisotopic (exact) mass is 418 g/mol. The average molecular weight is 419 g/mol. The summed E-state index contributed by atoms with van der Waals surface area (Å²) in [5, 5.41) is 0. The molecule has 4 heteroatoms. The number of aromatic nitrogens is 2. The summed E-state index contributed by atoms with van der Waals surface area (Å²) in [6, 6.07) is 19.5. The molecule has 3 rings (SSSR count). The third kappa shape index (κ3) is 5.63. The van der Waals surface area contributed by atoms with Gasteiger partial charge in [-0.15, -0.1) is 0 Å². The number of hydrogen-bond acceptors (Lipinski definition) is 3. The van der Waals surface area contributed by atoms with Crippen LogP contribution in [0.2, 0.25) is 0 Å². The smallest absolute Gasteiger partial charge is 0.328 e. The maximum absolute atomic E-state index is 13.7. The van der Waals surface area contributed by atoms with E-state index in [1.165, 1.54) is 38.5 Å². The van der Waals surface area contributed by atoms with Crippen molar-refractivity contribution in [2.45, 2.75) is 63.7 Å². The molecule has 0 aliphatic heterocycles. The topological polar surface area (TPSA) is 55.0 Å². The van der Waals surface area contributed by atoms with Crippen LogP contribution in [-0.4, -0.2) is 22.5 Å². The molecule has 0 saturated carbocycles. The van der Waals surface area contributed by atoms with Crippen LogP contribution in [0.1, 0.15) is 75.2 Å². The van der Waals surface area contributed by atoms with Crippen LogP contribution in [0.3, 0.4) is 0 Å². The van der Waals surface area contributed by atoms with Crippen molar-refractivity contribution in [3.63, 3.8) is 0 Å². The van der Waals surface area contributed by atoms with Gasteiger partial charge in [0.2, 0.25) is 0 Å². The number of rotatable bonds is 13. The van der Waals surface area contributed by atoms with Gasteiger partial charge >= 0.3 is 5.97 Å². The molecule has 1 aromatic heterocycles. The zero-order chi connectivity index (χ0) is 21.8. The summed E-state index contributed by atoms with van der Waals surface area (Å²) in [4.78, 5) is 21.4. The van der Waals surface area contributed by atoms with Gasteiger partial charge in [0.15, 0.2) is 5.41 Å². The number of nitrogens with one attached hydrogen (secondary N) is 1. The fourth-order valence-electron chi connectivity index (χ4n) is 4.13. The van der Waals surface area contributed by atoms with Crippen molar-refractivity contribution in [3.05, 3.63) is 90.0 Å². The van der Waals surface area contributed by atoms with Crippen molar-refractivity contribution < 1.29 is 9.53 Å². The van der Waals surface area contributed by atoms with Crippen LogP contribution in [0, 0.1) is 0 Å². The van der Waals surface area contributed by atoms with Gasteiger partial charge in [-0.1, -0.05) is 113 Å². The highest BCUT2D eigenvalue weighted by atomic mass is 16.5. The lowest BCUT2D eigenvalue weighted by Gasteiger charge is -2.31. The Hall–Kier alpha value is -2.88. The maximum Gasteiger partial charge on any atom is 0.328 e.